The van der Waals surface area contributed by atoms with Crippen LogP contribution >= 0.6 is 0 Å². The van der Waals surface area contributed by atoms with Crippen molar-refractivity contribution < 1.29 is 4.79 Å². The molecule has 2 aliphatic heterocycles. The molecule has 4 aromatic heterocycles. The van der Waals surface area contributed by atoms with Gasteiger partial charge in [0.05, 0.1) is 23.3 Å². The number of piperazine rings is 1. The van der Waals surface area contributed by atoms with Crippen molar-refractivity contribution in [3.63, 3.8) is 0 Å². The van der Waals surface area contributed by atoms with Crippen molar-refractivity contribution in [3.05, 3.63) is 41.3 Å². The largest absolute Gasteiger partial charge is 0.353 e. The van der Waals surface area contributed by atoms with E-state index in [-0.39, 0.29) is 17.9 Å². The second-order valence-electron chi connectivity index (χ2n) is 11.3. The van der Waals surface area contributed by atoms with Gasteiger partial charge in [0.15, 0.2) is 5.65 Å². The highest BCUT2D eigenvalue weighted by atomic mass is 16.2. The Labute approximate surface area is 223 Å². The minimum absolute atomic E-state index is 0.205. The molecule has 0 aliphatic carbocycles. The van der Waals surface area contributed by atoms with Gasteiger partial charge >= 0.3 is 0 Å². The fourth-order valence-electron chi connectivity index (χ4n) is 6.22. The second kappa shape index (κ2) is 9.69. The first-order valence-electron chi connectivity index (χ1n) is 13.9. The predicted molar refractivity (Wildman–Crippen MR) is 151 cm³/mol. The number of hydrogen-bond acceptors (Lipinski definition) is 6. The number of nitrogens with one attached hydrogen (secondary N) is 1. The number of anilines is 1. The van der Waals surface area contributed by atoms with Crippen LogP contribution in [-0.2, 0) is 4.79 Å². The first-order valence-corrected chi connectivity index (χ1v) is 13.9. The molecule has 0 saturated carbocycles. The molecule has 2 saturated heterocycles. The van der Waals surface area contributed by atoms with Gasteiger partial charge in [-0.2, -0.15) is 5.10 Å². The maximum Gasteiger partial charge on any atom is 0.236 e. The van der Waals surface area contributed by atoms with Gasteiger partial charge in [-0.3, -0.25) is 9.69 Å². The average molecular weight is 515 g/mol. The van der Waals surface area contributed by atoms with Gasteiger partial charge in [0.1, 0.15) is 12.1 Å². The molecule has 200 valence electrons. The fourth-order valence-corrected chi connectivity index (χ4v) is 6.22. The summed E-state index contributed by atoms with van der Waals surface area (Å²) in [6.07, 6.45) is 6.09. The van der Waals surface area contributed by atoms with Gasteiger partial charge in [-0.15, -0.1) is 0 Å². The Morgan fingerprint density at radius 3 is 2.63 bits per heavy atom. The third-order valence-corrected chi connectivity index (χ3v) is 8.47. The normalized spacial score (nSPS) is 18.9. The average Bonchev–Trinajstić information content (AvgIpc) is 3.65. The number of aromatic nitrogens is 5. The minimum Gasteiger partial charge on any atom is -0.353 e. The highest BCUT2D eigenvalue weighted by Gasteiger charge is 2.29. The van der Waals surface area contributed by atoms with Crippen LogP contribution < -0.4 is 4.90 Å². The van der Waals surface area contributed by atoms with Crippen LogP contribution in [0.2, 0.25) is 0 Å². The van der Waals surface area contributed by atoms with Crippen LogP contribution in [0.25, 0.3) is 27.9 Å². The molecule has 9 nitrogen and oxygen atoms in total. The lowest BCUT2D eigenvalue weighted by Gasteiger charge is -2.41. The van der Waals surface area contributed by atoms with Crippen molar-refractivity contribution in [3.8, 4) is 11.3 Å². The molecule has 2 aliphatic rings. The zero-order chi connectivity index (χ0) is 26.6. The number of aryl methyl sites for hydroxylation is 1. The molecule has 2 fully saturated rings. The summed E-state index contributed by atoms with van der Waals surface area (Å²) in [6.45, 7) is 15.8. The highest BCUT2D eigenvalue weighted by Crippen LogP contribution is 2.38. The molecule has 0 unspecified atom stereocenters. The predicted octanol–water partition coefficient (Wildman–Crippen LogP) is 4.15. The maximum atomic E-state index is 12.9. The van der Waals surface area contributed by atoms with Crippen molar-refractivity contribution in [1.29, 1.82) is 0 Å². The Bertz CT molecular complexity index is 1500. The van der Waals surface area contributed by atoms with E-state index in [0.29, 0.717) is 6.54 Å². The Hall–Kier alpha value is -3.46. The number of likely N-dealkylation sites (tertiary alicyclic amines) is 1. The summed E-state index contributed by atoms with van der Waals surface area (Å²) in [4.78, 5) is 32.9. The number of amides is 1. The standard InChI is InChI=1S/C29H38N8O/c1-18(2)26-27(22-15-37-29(30-17-31-37)21(5)20(22)4)32-23-8-9-24(33-28(23)26)36-13-12-35(14-19(36)3)25(38)16-34-10-6-7-11-34/h8-9,15,17-19,32H,6-7,10-14,16H2,1-5H3/t19-/m1/s1. The van der Waals surface area contributed by atoms with Crippen LogP contribution in [-0.4, -0.2) is 85.6 Å². The maximum absolute atomic E-state index is 12.9. The molecule has 0 radical (unpaired) electrons. The van der Waals surface area contributed by atoms with E-state index in [2.05, 4.69) is 77.8 Å². The van der Waals surface area contributed by atoms with Gasteiger partial charge in [0.25, 0.3) is 0 Å². The summed E-state index contributed by atoms with van der Waals surface area (Å²) in [7, 11) is 0. The molecule has 6 rings (SSSR count). The summed E-state index contributed by atoms with van der Waals surface area (Å²) in [6, 6.07) is 4.47. The number of fused-ring (bicyclic) bond motifs is 2. The number of carbonyl (C=O) groups excluding carboxylic acids is 1. The summed E-state index contributed by atoms with van der Waals surface area (Å²) in [5.41, 5.74) is 8.72. The van der Waals surface area contributed by atoms with Crippen LogP contribution in [0.3, 0.4) is 0 Å². The van der Waals surface area contributed by atoms with E-state index in [1.807, 2.05) is 9.42 Å². The van der Waals surface area contributed by atoms with Crippen molar-refractivity contribution in [1.82, 2.24) is 34.4 Å². The van der Waals surface area contributed by atoms with Crippen LogP contribution in [0.1, 0.15) is 56.2 Å². The Kier molecular flexibility index (Phi) is 6.34. The number of nitrogens with zero attached hydrogens (tertiary/aromatic N) is 7. The van der Waals surface area contributed by atoms with Gasteiger partial charge in [0, 0.05) is 43.0 Å². The highest BCUT2D eigenvalue weighted by molar-refractivity contribution is 5.90. The topological polar surface area (TPSA) is 85.7 Å². The Balaban J connectivity index is 1.31. The lowest BCUT2D eigenvalue weighted by atomic mass is 9.95. The van der Waals surface area contributed by atoms with E-state index in [1.165, 1.54) is 24.0 Å². The molecule has 0 bridgehead atoms. The van der Waals surface area contributed by atoms with Crippen molar-refractivity contribution >= 4 is 28.4 Å². The number of rotatable bonds is 5. The number of hydrogen-bond donors (Lipinski definition) is 1. The lowest BCUT2D eigenvalue weighted by molar-refractivity contribution is -0.132. The second-order valence-corrected chi connectivity index (χ2v) is 11.3. The summed E-state index contributed by atoms with van der Waals surface area (Å²) in [5, 5.41) is 4.40. The number of pyridine rings is 2. The SMILES string of the molecule is Cc1c(-c2[nH]c3ccc(N4CCN(C(=O)CN5CCCC5)C[C@H]4C)nc3c2C(C)C)cn2ncnc2c1C. The molecule has 6 heterocycles. The smallest absolute Gasteiger partial charge is 0.236 e. The van der Waals surface area contributed by atoms with Gasteiger partial charge in [-0.25, -0.2) is 14.5 Å². The molecule has 1 N–H and O–H groups in total. The van der Waals surface area contributed by atoms with Gasteiger partial charge in [-0.05, 0) is 75.9 Å². The van der Waals surface area contributed by atoms with E-state index >= 15 is 0 Å². The molecule has 0 spiro atoms. The molecular weight excluding hydrogens is 476 g/mol. The van der Waals surface area contributed by atoms with Gasteiger partial charge in [-0.1, -0.05) is 13.8 Å². The van der Waals surface area contributed by atoms with Crippen molar-refractivity contribution in [2.75, 3.05) is 44.2 Å². The van der Waals surface area contributed by atoms with E-state index in [1.54, 1.807) is 6.33 Å². The van der Waals surface area contributed by atoms with Gasteiger partial charge < -0.3 is 14.8 Å². The zero-order valence-corrected chi connectivity index (χ0v) is 23.2. The molecule has 9 heteroatoms. The lowest BCUT2D eigenvalue weighted by Crippen LogP contribution is -2.55. The Morgan fingerprint density at radius 2 is 1.89 bits per heavy atom. The quantitative estimate of drug-likeness (QED) is 0.431. The monoisotopic (exact) mass is 514 g/mol. The molecule has 1 amide bonds. The van der Waals surface area contributed by atoms with Crippen molar-refractivity contribution in [2.45, 2.75) is 59.4 Å². The van der Waals surface area contributed by atoms with E-state index < -0.39 is 0 Å². The Morgan fingerprint density at radius 1 is 1.11 bits per heavy atom. The molecular formula is C29H38N8O. The fraction of sp³-hybridized carbons (Fsp3) is 0.517. The van der Waals surface area contributed by atoms with E-state index in [9.17, 15) is 4.79 Å². The third kappa shape index (κ3) is 4.22. The number of carbonyl (C=O) groups is 1. The molecule has 38 heavy (non-hydrogen) atoms. The van der Waals surface area contributed by atoms with Crippen LogP contribution in [0.4, 0.5) is 5.82 Å². The number of H-pyrrole nitrogens is 1. The third-order valence-electron chi connectivity index (χ3n) is 8.47. The van der Waals surface area contributed by atoms with Gasteiger partial charge in [0.2, 0.25) is 5.91 Å². The zero-order valence-electron chi connectivity index (χ0n) is 23.2. The minimum atomic E-state index is 0.205. The number of aromatic amines is 1. The van der Waals surface area contributed by atoms with Crippen molar-refractivity contribution in [2.24, 2.45) is 0 Å². The summed E-state index contributed by atoms with van der Waals surface area (Å²) < 4.78 is 1.86. The van der Waals surface area contributed by atoms with Crippen LogP contribution in [0.5, 0.6) is 0 Å². The first kappa shape index (κ1) is 24.9. The van der Waals surface area contributed by atoms with E-state index in [4.69, 9.17) is 4.98 Å². The molecule has 1 atom stereocenters. The summed E-state index contributed by atoms with van der Waals surface area (Å²) in [5.74, 6) is 1.52. The summed E-state index contributed by atoms with van der Waals surface area (Å²) >= 11 is 0. The molecule has 0 aromatic carbocycles. The van der Waals surface area contributed by atoms with E-state index in [0.717, 1.165) is 72.0 Å². The van der Waals surface area contributed by atoms with Crippen LogP contribution in [0, 0.1) is 13.8 Å². The van der Waals surface area contributed by atoms with Crippen LogP contribution in [0.15, 0.2) is 24.7 Å². The first-order chi connectivity index (χ1) is 18.3. The molecule has 4 aromatic rings.